The Labute approximate surface area is 154 Å². The van der Waals surface area contributed by atoms with Gasteiger partial charge in [0.15, 0.2) is 5.82 Å². The summed E-state index contributed by atoms with van der Waals surface area (Å²) < 4.78 is 6.00. The molecular weight excluding hydrogens is 334 g/mol. The van der Waals surface area contributed by atoms with Gasteiger partial charge in [-0.25, -0.2) is 9.97 Å². The molecule has 0 spiro atoms. The maximum absolute atomic E-state index is 6.56. The van der Waals surface area contributed by atoms with E-state index in [0.717, 1.165) is 69.0 Å². The summed E-state index contributed by atoms with van der Waals surface area (Å²) in [6.45, 7) is 5.60. The van der Waals surface area contributed by atoms with Crippen LogP contribution in [-0.2, 0) is 29.8 Å². The second-order valence-electron chi connectivity index (χ2n) is 7.25. The molecule has 3 heterocycles. The summed E-state index contributed by atoms with van der Waals surface area (Å²) in [5.41, 5.74) is 3.10. The summed E-state index contributed by atoms with van der Waals surface area (Å²) in [7, 11) is 0. The molecule has 4 rings (SSSR count). The van der Waals surface area contributed by atoms with E-state index in [4.69, 9.17) is 21.3 Å². The van der Waals surface area contributed by atoms with Crippen LogP contribution in [-0.4, -0.2) is 28.0 Å². The molecule has 4 nitrogen and oxygen atoms in total. The molecule has 1 unspecified atom stereocenters. The largest absolute Gasteiger partial charge is 0.367 e. The summed E-state index contributed by atoms with van der Waals surface area (Å²) in [5, 5.41) is 0.591. The topological polar surface area (TPSA) is 38.2 Å². The molecule has 1 atom stereocenters. The van der Waals surface area contributed by atoms with Crippen LogP contribution in [0.3, 0.4) is 0 Å². The third-order valence-corrected chi connectivity index (χ3v) is 5.59. The Hall–Kier alpha value is -1.49. The second kappa shape index (κ2) is 7.02. The smallest absolute Gasteiger partial charge is 0.161 e. The van der Waals surface area contributed by atoms with Gasteiger partial charge in [0, 0.05) is 38.2 Å². The van der Waals surface area contributed by atoms with Gasteiger partial charge in [0.25, 0.3) is 0 Å². The van der Waals surface area contributed by atoms with Crippen LogP contribution in [0.25, 0.3) is 0 Å². The van der Waals surface area contributed by atoms with Crippen molar-refractivity contribution in [2.24, 2.45) is 0 Å². The third-order valence-electron chi connectivity index (χ3n) is 5.28. The molecule has 1 aromatic carbocycles. The highest BCUT2D eigenvalue weighted by molar-refractivity contribution is 6.30. The van der Waals surface area contributed by atoms with E-state index in [-0.39, 0.29) is 0 Å². The van der Waals surface area contributed by atoms with Crippen molar-refractivity contribution in [3.05, 3.63) is 58.1 Å². The molecule has 2 aliphatic rings. The van der Waals surface area contributed by atoms with Crippen LogP contribution in [0.1, 0.15) is 48.8 Å². The van der Waals surface area contributed by atoms with Gasteiger partial charge in [-0.15, -0.1) is 0 Å². The lowest BCUT2D eigenvalue weighted by atomic mass is 9.94. The van der Waals surface area contributed by atoms with Crippen LogP contribution >= 0.6 is 11.6 Å². The monoisotopic (exact) mass is 357 g/mol. The Balaban J connectivity index is 1.55. The summed E-state index contributed by atoms with van der Waals surface area (Å²) >= 11 is 6.56. The zero-order valence-electron chi connectivity index (χ0n) is 14.7. The first-order valence-electron chi connectivity index (χ1n) is 9.10. The quantitative estimate of drug-likeness (QED) is 0.775. The number of ether oxygens (including phenoxy) is 1. The van der Waals surface area contributed by atoms with Gasteiger partial charge in [0.05, 0.1) is 5.69 Å². The highest BCUT2D eigenvalue weighted by Gasteiger charge is 2.35. The van der Waals surface area contributed by atoms with Crippen LogP contribution in [0.2, 0.25) is 5.15 Å². The Morgan fingerprint density at radius 1 is 1.20 bits per heavy atom. The molecule has 2 aromatic rings. The number of aromatic nitrogens is 2. The first-order chi connectivity index (χ1) is 12.1. The number of benzene rings is 1. The molecule has 1 fully saturated rings. The van der Waals surface area contributed by atoms with Crippen LogP contribution in [0.15, 0.2) is 30.3 Å². The molecule has 5 heteroatoms. The van der Waals surface area contributed by atoms with Gasteiger partial charge in [-0.1, -0.05) is 41.9 Å². The van der Waals surface area contributed by atoms with Gasteiger partial charge in [-0.05, 0) is 31.7 Å². The van der Waals surface area contributed by atoms with E-state index in [0.29, 0.717) is 5.15 Å². The van der Waals surface area contributed by atoms with Gasteiger partial charge in [-0.3, -0.25) is 4.90 Å². The van der Waals surface area contributed by atoms with E-state index in [1.54, 1.807) is 0 Å². The van der Waals surface area contributed by atoms with E-state index in [1.807, 2.05) is 0 Å². The zero-order chi connectivity index (χ0) is 17.3. The van der Waals surface area contributed by atoms with Crippen LogP contribution < -0.4 is 0 Å². The van der Waals surface area contributed by atoms with Crippen molar-refractivity contribution in [2.75, 3.05) is 13.2 Å². The molecule has 0 saturated carbocycles. The highest BCUT2D eigenvalue weighted by atomic mass is 35.5. The molecule has 0 radical (unpaired) electrons. The van der Waals surface area contributed by atoms with Gasteiger partial charge < -0.3 is 4.74 Å². The minimum Gasteiger partial charge on any atom is -0.367 e. The van der Waals surface area contributed by atoms with Crippen molar-refractivity contribution >= 4 is 11.6 Å². The van der Waals surface area contributed by atoms with Crippen molar-refractivity contribution in [3.63, 3.8) is 0 Å². The van der Waals surface area contributed by atoms with Gasteiger partial charge >= 0.3 is 0 Å². The van der Waals surface area contributed by atoms with E-state index in [9.17, 15) is 0 Å². The normalized spacial score (nSPS) is 24.1. The fourth-order valence-electron chi connectivity index (χ4n) is 3.75. The molecule has 0 amide bonds. The summed E-state index contributed by atoms with van der Waals surface area (Å²) in [5.74, 6) is 0.757. The number of fused-ring (bicyclic) bond motifs is 1. The second-order valence-corrected chi connectivity index (χ2v) is 7.60. The van der Waals surface area contributed by atoms with Gasteiger partial charge in [0.1, 0.15) is 10.8 Å². The SMILES string of the molecule is CC1(c2nc(Cl)c3c(n2)CCN(Cc2ccccc2)C3)CCCCO1. The lowest BCUT2D eigenvalue weighted by Gasteiger charge is -2.34. The maximum atomic E-state index is 6.56. The summed E-state index contributed by atoms with van der Waals surface area (Å²) in [4.78, 5) is 11.9. The van der Waals surface area contributed by atoms with Crippen LogP contribution in [0.4, 0.5) is 0 Å². The lowest BCUT2D eigenvalue weighted by Crippen LogP contribution is -2.35. The average molecular weight is 358 g/mol. The Kier molecular flexibility index (Phi) is 4.76. The lowest BCUT2D eigenvalue weighted by molar-refractivity contribution is -0.0762. The number of halogens is 1. The number of rotatable bonds is 3. The fraction of sp³-hybridized carbons (Fsp3) is 0.500. The molecule has 1 aromatic heterocycles. The van der Waals surface area contributed by atoms with Crippen LogP contribution in [0.5, 0.6) is 0 Å². The zero-order valence-corrected chi connectivity index (χ0v) is 15.4. The first kappa shape index (κ1) is 17.0. The maximum Gasteiger partial charge on any atom is 0.161 e. The van der Waals surface area contributed by atoms with E-state index < -0.39 is 5.60 Å². The van der Waals surface area contributed by atoms with Gasteiger partial charge in [0.2, 0.25) is 0 Å². The molecule has 0 N–H and O–H groups in total. The van der Waals surface area contributed by atoms with E-state index in [1.165, 1.54) is 5.56 Å². The van der Waals surface area contributed by atoms with E-state index >= 15 is 0 Å². The van der Waals surface area contributed by atoms with Crippen molar-refractivity contribution < 1.29 is 4.74 Å². The van der Waals surface area contributed by atoms with Crippen LogP contribution in [0, 0.1) is 0 Å². The first-order valence-corrected chi connectivity index (χ1v) is 9.48. The number of hydrogen-bond donors (Lipinski definition) is 0. The standard InChI is InChI=1S/C20H24ClN3O/c1-20(10-5-6-12-25-20)19-22-17-9-11-24(14-16(17)18(21)23-19)13-15-7-3-2-4-8-15/h2-4,7-8H,5-6,9-14H2,1H3. The molecule has 1 saturated heterocycles. The minimum absolute atomic E-state index is 0.391. The Bertz CT molecular complexity index is 744. The highest BCUT2D eigenvalue weighted by Crippen LogP contribution is 2.35. The van der Waals surface area contributed by atoms with Crippen molar-refractivity contribution in [2.45, 2.75) is 51.3 Å². The Morgan fingerprint density at radius 3 is 2.80 bits per heavy atom. The third kappa shape index (κ3) is 3.57. The molecule has 132 valence electrons. The molecular formula is C20H24ClN3O. The molecule has 2 aliphatic heterocycles. The fourth-order valence-corrected chi connectivity index (χ4v) is 4.00. The predicted octanol–water partition coefficient (Wildman–Crippen LogP) is 4.10. The summed E-state index contributed by atoms with van der Waals surface area (Å²) in [6.07, 6.45) is 4.14. The number of hydrogen-bond acceptors (Lipinski definition) is 4. The minimum atomic E-state index is -0.391. The van der Waals surface area contributed by atoms with E-state index in [2.05, 4.69) is 47.1 Å². The molecule has 25 heavy (non-hydrogen) atoms. The number of nitrogens with zero attached hydrogens (tertiary/aromatic N) is 3. The van der Waals surface area contributed by atoms with Gasteiger partial charge in [-0.2, -0.15) is 0 Å². The Morgan fingerprint density at radius 2 is 2.04 bits per heavy atom. The van der Waals surface area contributed by atoms with Crippen molar-refractivity contribution in [3.8, 4) is 0 Å². The van der Waals surface area contributed by atoms with Crippen molar-refractivity contribution in [1.82, 2.24) is 14.9 Å². The molecule has 0 bridgehead atoms. The molecule has 0 aliphatic carbocycles. The summed E-state index contributed by atoms with van der Waals surface area (Å²) in [6, 6.07) is 10.5. The van der Waals surface area contributed by atoms with Crippen molar-refractivity contribution in [1.29, 1.82) is 0 Å². The average Bonchev–Trinajstić information content (AvgIpc) is 2.63. The predicted molar refractivity (Wildman–Crippen MR) is 98.5 cm³/mol.